The molecule has 0 atom stereocenters. The van der Waals surface area contributed by atoms with Gasteiger partial charge in [-0.2, -0.15) is 3.71 Å². The monoisotopic (exact) mass is 272 g/mol. The second-order valence-electron chi connectivity index (χ2n) is 2.46. The molecule has 0 aliphatic rings. The molecule has 0 fully saturated rings. The Labute approximate surface area is 101 Å². The molecule has 0 saturated carbocycles. The van der Waals surface area contributed by atoms with Crippen LogP contribution in [0.25, 0.3) is 0 Å². The maximum absolute atomic E-state index is 10.7. The molecule has 0 aromatic carbocycles. The molecule has 0 aliphatic carbocycles. The van der Waals surface area contributed by atoms with Crippen LogP contribution in [0.1, 0.15) is 32.6 Å². The van der Waals surface area contributed by atoms with Crippen molar-refractivity contribution in [2.24, 2.45) is 0 Å². The van der Waals surface area contributed by atoms with Gasteiger partial charge >= 0.3 is 6.09 Å². The third kappa shape index (κ3) is 10.4. The smallest absolute Gasteiger partial charge is 0.429 e. The van der Waals surface area contributed by atoms with Gasteiger partial charge in [0.1, 0.15) is 0 Å². The van der Waals surface area contributed by atoms with Gasteiger partial charge in [0.25, 0.3) is 0 Å². The van der Waals surface area contributed by atoms with Crippen LogP contribution in [0.5, 0.6) is 0 Å². The zero-order valence-corrected chi connectivity index (χ0v) is 10.2. The van der Waals surface area contributed by atoms with Gasteiger partial charge in [-0.1, -0.05) is 26.2 Å². The van der Waals surface area contributed by atoms with Crippen LogP contribution in [0.15, 0.2) is 0 Å². The van der Waals surface area contributed by atoms with Crippen molar-refractivity contribution in [1.29, 1.82) is 0 Å². The van der Waals surface area contributed by atoms with Gasteiger partial charge < -0.3 is 4.74 Å². The topological polar surface area (TPSA) is 29.5 Å². The van der Waals surface area contributed by atoms with E-state index in [9.17, 15) is 4.79 Å². The van der Waals surface area contributed by atoms with Gasteiger partial charge in [-0.3, -0.25) is 0 Å². The fourth-order valence-electron chi connectivity index (χ4n) is 0.746. The van der Waals surface area contributed by atoms with E-state index in [0.717, 1.165) is 16.6 Å². The molecule has 0 aromatic heterocycles. The van der Waals surface area contributed by atoms with Crippen LogP contribution >= 0.6 is 25.6 Å². The Hall–Kier alpha value is 0.489. The molecule has 0 rings (SSSR count). The molecule has 0 saturated heterocycles. The third-order valence-electron chi connectivity index (χ3n) is 1.39. The Morgan fingerprint density at radius 1 is 1.31 bits per heavy atom. The first kappa shape index (κ1) is 15.9. The molecular weight excluding hydrogens is 258 g/mol. The van der Waals surface area contributed by atoms with Gasteiger partial charge in [0.05, 0.1) is 6.61 Å². The standard InChI is InChI=1S/C7H15NO2S2.Cu/c1-2-3-4-5-6-10-7(9)8(11)12;/h11-12H,2-6H2,1H3;. The number of nitrogens with zero attached hydrogens (tertiary/aromatic N) is 1. The number of thiol groups is 2. The first-order chi connectivity index (χ1) is 5.68. The molecule has 0 aliphatic heterocycles. The summed E-state index contributed by atoms with van der Waals surface area (Å²) < 4.78 is 5.62. The van der Waals surface area contributed by atoms with E-state index in [0.29, 0.717) is 6.61 Å². The van der Waals surface area contributed by atoms with Crippen molar-refractivity contribution in [3.05, 3.63) is 0 Å². The van der Waals surface area contributed by atoms with E-state index in [1.807, 2.05) is 0 Å². The van der Waals surface area contributed by atoms with Crippen LogP contribution < -0.4 is 0 Å². The number of rotatable bonds is 5. The van der Waals surface area contributed by atoms with E-state index in [2.05, 4.69) is 32.6 Å². The number of carbonyl (C=O) groups is 1. The van der Waals surface area contributed by atoms with Crippen LogP contribution in [0.3, 0.4) is 0 Å². The largest absolute Gasteiger partial charge is 0.448 e. The molecule has 0 bridgehead atoms. The summed E-state index contributed by atoms with van der Waals surface area (Å²) in [5.41, 5.74) is 0. The molecule has 0 unspecified atom stereocenters. The van der Waals surface area contributed by atoms with Gasteiger partial charge in [0.15, 0.2) is 0 Å². The SMILES string of the molecule is CCCCCCOC(=O)N(S)S.[Cu]. The number of ether oxygens (including phenoxy) is 1. The minimum absolute atomic E-state index is 0. The van der Waals surface area contributed by atoms with Gasteiger partial charge in [-0.05, 0) is 32.1 Å². The van der Waals surface area contributed by atoms with Crippen molar-refractivity contribution in [2.75, 3.05) is 6.61 Å². The zero-order chi connectivity index (χ0) is 9.40. The quantitative estimate of drug-likeness (QED) is 0.458. The predicted molar refractivity (Wildman–Crippen MR) is 55.3 cm³/mol. The average molecular weight is 273 g/mol. The van der Waals surface area contributed by atoms with Crippen molar-refractivity contribution in [3.8, 4) is 0 Å². The van der Waals surface area contributed by atoms with E-state index in [1.54, 1.807) is 0 Å². The molecule has 6 heteroatoms. The summed E-state index contributed by atoms with van der Waals surface area (Å²) in [6, 6.07) is 0. The van der Waals surface area contributed by atoms with Crippen molar-refractivity contribution < 1.29 is 26.6 Å². The molecule has 83 valence electrons. The average Bonchev–Trinajstić information content (AvgIpc) is 2.03. The number of amides is 1. The summed E-state index contributed by atoms with van der Waals surface area (Å²) in [6.45, 7) is 2.59. The molecular formula is C7H15CuNO2S2. The fourth-order valence-corrected chi connectivity index (χ4v) is 0.862. The molecule has 0 heterocycles. The van der Waals surface area contributed by atoms with Crippen LogP contribution in [0, 0.1) is 0 Å². The van der Waals surface area contributed by atoms with E-state index in [-0.39, 0.29) is 17.1 Å². The summed E-state index contributed by atoms with van der Waals surface area (Å²) in [5, 5.41) is 0. The minimum atomic E-state index is -0.516. The van der Waals surface area contributed by atoms with Crippen molar-refractivity contribution in [3.63, 3.8) is 0 Å². The Bertz CT molecular complexity index is 136. The van der Waals surface area contributed by atoms with E-state index in [4.69, 9.17) is 4.74 Å². The van der Waals surface area contributed by atoms with Crippen LogP contribution in [0.4, 0.5) is 4.79 Å². The second kappa shape index (κ2) is 10.6. The molecule has 3 nitrogen and oxygen atoms in total. The normalized spacial score (nSPS) is 8.85. The summed E-state index contributed by atoms with van der Waals surface area (Å²) in [7, 11) is 0. The van der Waals surface area contributed by atoms with Crippen molar-refractivity contribution in [1.82, 2.24) is 3.71 Å². The zero-order valence-electron chi connectivity index (χ0n) is 7.50. The van der Waals surface area contributed by atoms with Gasteiger partial charge in [-0.15, -0.1) is 0 Å². The Kier molecular flexibility index (Phi) is 13.0. The van der Waals surface area contributed by atoms with Crippen LogP contribution in [-0.2, 0) is 21.8 Å². The molecule has 1 radical (unpaired) electrons. The molecule has 13 heavy (non-hydrogen) atoms. The minimum Gasteiger partial charge on any atom is -0.448 e. The number of hydrogen-bond donors (Lipinski definition) is 2. The van der Waals surface area contributed by atoms with Gasteiger partial charge in [0.2, 0.25) is 0 Å². The summed E-state index contributed by atoms with van der Waals surface area (Å²) in [4.78, 5) is 10.7. The van der Waals surface area contributed by atoms with E-state index >= 15 is 0 Å². The molecule has 1 amide bonds. The van der Waals surface area contributed by atoms with E-state index in [1.165, 1.54) is 12.8 Å². The number of hydrogen-bond acceptors (Lipinski definition) is 4. The van der Waals surface area contributed by atoms with Crippen molar-refractivity contribution in [2.45, 2.75) is 32.6 Å². The summed E-state index contributed by atoms with van der Waals surface area (Å²) in [5.74, 6) is 0. The van der Waals surface area contributed by atoms with Crippen molar-refractivity contribution >= 4 is 31.7 Å². The number of carbonyl (C=O) groups excluding carboxylic acids is 1. The Morgan fingerprint density at radius 3 is 2.38 bits per heavy atom. The Balaban J connectivity index is 0. The summed E-state index contributed by atoms with van der Waals surface area (Å²) >= 11 is 7.32. The predicted octanol–water partition coefficient (Wildman–Crippen LogP) is 2.69. The van der Waals surface area contributed by atoms with E-state index < -0.39 is 6.09 Å². The second-order valence-corrected chi connectivity index (χ2v) is 3.58. The van der Waals surface area contributed by atoms with Gasteiger partial charge in [0, 0.05) is 17.1 Å². The van der Waals surface area contributed by atoms with Gasteiger partial charge in [-0.25, -0.2) is 4.79 Å². The van der Waals surface area contributed by atoms with Crippen LogP contribution in [0.2, 0.25) is 0 Å². The van der Waals surface area contributed by atoms with Crippen LogP contribution in [-0.4, -0.2) is 16.4 Å². The Morgan fingerprint density at radius 2 is 1.92 bits per heavy atom. The number of unbranched alkanes of at least 4 members (excludes halogenated alkanes) is 3. The fraction of sp³-hybridized carbons (Fsp3) is 0.857. The first-order valence-corrected chi connectivity index (χ1v) is 4.83. The molecule has 0 spiro atoms. The third-order valence-corrected chi connectivity index (χ3v) is 1.71. The molecule has 0 N–H and O–H groups in total. The summed E-state index contributed by atoms with van der Waals surface area (Å²) in [6.07, 6.45) is 3.86. The maximum atomic E-state index is 10.7. The molecule has 0 aromatic rings. The first-order valence-electron chi connectivity index (χ1n) is 4.03. The maximum Gasteiger partial charge on any atom is 0.429 e.